The van der Waals surface area contributed by atoms with Gasteiger partial charge in [0.05, 0.1) is 6.10 Å². The van der Waals surface area contributed by atoms with Gasteiger partial charge in [0.15, 0.2) is 5.78 Å². The number of hydrogen-bond acceptors (Lipinski definition) is 3. The molecule has 1 heterocycles. The van der Waals surface area contributed by atoms with Gasteiger partial charge in [0.2, 0.25) is 0 Å². The van der Waals surface area contributed by atoms with Crippen LogP contribution in [0.4, 0.5) is 10.1 Å². The molecule has 1 aliphatic heterocycles. The number of benzene rings is 1. The van der Waals surface area contributed by atoms with E-state index in [2.05, 4.69) is 4.90 Å². The van der Waals surface area contributed by atoms with Crippen molar-refractivity contribution in [2.45, 2.75) is 26.4 Å². The van der Waals surface area contributed by atoms with Gasteiger partial charge in [0, 0.05) is 30.9 Å². The molecule has 1 fully saturated rings. The maximum Gasteiger partial charge on any atom is 0.161 e. The highest BCUT2D eigenvalue weighted by Crippen LogP contribution is 2.24. The first kappa shape index (κ1) is 13.0. The Bertz CT molecular complexity index is 447. The monoisotopic (exact) mass is 251 g/mol. The molecule has 1 aromatic carbocycles. The van der Waals surface area contributed by atoms with Crippen molar-refractivity contribution in [1.82, 2.24) is 0 Å². The zero-order chi connectivity index (χ0) is 13.1. The lowest BCUT2D eigenvalue weighted by Gasteiger charge is -2.26. The van der Waals surface area contributed by atoms with Gasteiger partial charge in [-0.2, -0.15) is 0 Å². The SMILES string of the molecule is CC(=O)c1cc(F)ccc1N1CCCO[C@@H](C)C1. The Kier molecular flexibility index (Phi) is 3.97. The minimum Gasteiger partial charge on any atom is -0.377 e. The van der Waals surface area contributed by atoms with E-state index in [9.17, 15) is 9.18 Å². The molecule has 0 unspecified atom stereocenters. The summed E-state index contributed by atoms with van der Waals surface area (Å²) in [5.41, 5.74) is 1.25. The van der Waals surface area contributed by atoms with Gasteiger partial charge in [-0.05, 0) is 38.5 Å². The molecule has 4 heteroatoms. The van der Waals surface area contributed by atoms with Crippen LogP contribution in [0.3, 0.4) is 0 Å². The van der Waals surface area contributed by atoms with Crippen LogP contribution in [-0.4, -0.2) is 31.6 Å². The van der Waals surface area contributed by atoms with Crippen molar-refractivity contribution in [3.05, 3.63) is 29.6 Å². The third-order valence-electron chi connectivity index (χ3n) is 3.13. The highest BCUT2D eigenvalue weighted by molar-refractivity contribution is 5.99. The van der Waals surface area contributed by atoms with Crippen molar-refractivity contribution in [2.24, 2.45) is 0 Å². The molecule has 0 amide bonds. The second-order valence-corrected chi connectivity index (χ2v) is 4.70. The molecule has 0 aromatic heterocycles. The fourth-order valence-electron chi connectivity index (χ4n) is 2.28. The van der Waals surface area contributed by atoms with Crippen LogP contribution in [0, 0.1) is 5.82 Å². The zero-order valence-electron chi connectivity index (χ0n) is 10.8. The molecule has 1 aromatic rings. The molecule has 18 heavy (non-hydrogen) atoms. The van der Waals surface area contributed by atoms with E-state index in [0.717, 1.165) is 31.8 Å². The number of halogens is 1. The molecule has 0 N–H and O–H groups in total. The summed E-state index contributed by atoms with van der Waals surface area (Å²) in [5, 5.41) is 0. The van der Waals surface area contributed by atoms with E-state index in [1.54, 1.807) is 6.07 Å². The number of nitrogens with zero attached hydrogens (tertiary/aromatic N) is 1. The highest BCUT2D eigenvalue weighted by Gasteiger charge is 2.19. The van der Waals surface area contributed by atoms with Gasteiger partial charge in [-0.25, -0.2) is 4.39 Å². The van der Waals surface area contributed by atoms with Crippen LogP contribution in [0.25, 0.3) is 0 Å². The van der Waals surface area contributed by atoms with Crippen LogP contribution in [0.15, 0.2) is 18.2 Å². The predicted octanol–water partition coefficient (Wildman–Crippen LogP) is 2.64. The number of ether oxygens (including phenoxy) is 1. The average Bonchev–Trinajstić information content (AvgIpc) is 2.53. The number of Topliss-reactive ketones (excluding diaryl/α,β-unsaturated/α-hetero) is 1. The van der Waals surface area contributed by atoms with Gasteiger partial charge >= 0.3 is 0 Å². The number of carbonyl (C=O) groups is 1. The van der Waals surface area contributed by atoms with Gasteiger partial charge in [-0.15, -0.1) is 0 Å². The fourth-order valence-corrected chi connectivity index (χ4v) is 2.28. The topological polar surface area (TPSA) is 29.5 Å². The van der Waals surface area contributed by atoms with Crippen LogP contribution < -0.4 is 4.90 Å². The standard InChI is InChI=1S/C14H18FNO2/c1-10-9-16(6-3-7-18-10)14-5-4-12(15)8-13(14)11(2)17/h4-5,8,10H,3,6-7,9H2,1-2H3/t10-/m0/s1. The predicted molar refractivity (Wildman–Crippen MR) is 68.6 cm³/mol. The molecule has 3 nitrogen and oxygen atoms in total. The molecular formula is C14H18FNO2. The van der Waals surface area contributed by atoms with E-state index in [1.165, 1.54) is 19.1 Å². The lowest BCUT2D eigenvalue weighted by atomic mass is 10.1. The molecule has 1 aliphatic rings. The first-order valence-electron chi connectivity index (χ1n) is 6.25. The van der Waals surface area contributed by atoms with E-state index in [0.29, 0.717) is 5.56 Å². The first-order valence-corrected chi connectivity index (χ1v) is 6.25. The van der Waals surface area contributed by atoms with Gasteiger partial charge < -0.3 is 9.64 Å². The molecule has 0 spiro atoms. The van der Waals surface area contributed by atoms with Crippen molar-refractivity contribution >= 4 is 11.5 Å². The number of rotatable bonds is 2. The Morgan fingerprint density at radius 1 is 1.50 bits per heavy atom. The minimum absolute atomic E-state index is 0.109. The van der Waals surface area contributed by atoms with Crippen molar-refractivity contribution in [2.75, 3.05) is 24.6 Å². The van der Waals surface area contributed by atoms with E-state index in [4.69, 9.17) is 4.74 Å². The highest BCUT2D eigenvalue weighted by atomic mass is 19.1. The molecule has 98 valence electrons. The molecule has 0 bridgehead atoms. The summed E-state index contributed by atoms with van der Waals surface area (Å²) >= 11 is 0. The van der Waals surface area contributed by atoms with Gasteiger partial charge in [0.25, 0.3) is 0 Å². The lowest BCUT2D eigenvalue weighted by molar-refractivity contribution is 0.0820. The Hall–Kier alpha value is -1.42. The van der Waals surface area contributed by atoms with Crippen LogP contribution in [0.1, 0.15) is 30.6 Å². The van der Waals surface area contributed by atoms with Crippen LogP contribution in [-0.2, 0) is 4.74 Å². The average molecular weight is 251 g/mol. The van der Waals surface area contributed by atoms with Crippen molar-refractivity contribution < 1.29 is 13.9 Å². The van der Waals surface area contributed by atoms with Crippen LogP contribution in [0.5, 0.6) is 0 Å². The quantitative estimate of drug-likeness (QED) is 0.757. The fraction of sp³-hybridized carbons (Fsp3) is 0.500. The van der Waals surface area contributed by atoms with Gasteiger partial charge in [-0.3, -0.25) is 4.79 Å². The molecule has 1 atom stereocenters. The Labute approximate surface area is 107 Å². The summed E-state index contributed by atoms with van der Waals surface area (Å²) in [6.07, 6.45) is 1.04. The normalized spacial score (nSPS) is 20.6. The summed E-state index contributed by atoms with van der Waals surface area (Å²) in [4.78, 5) is 13.7. The summed E-state index contributed by atoms with van der Waals surface area (Å²) in [6, 6.07) is 4.40. The second kappa shape index (κ2) is 5.48. The summed E-state index contributed by atoms with van der Waals surface area (Å²) in [6.45, 7) is 5.77. The van der Waals surface area contributed by atoms with E-state index >= 15 is 0 Å². The van der Waals surface area contributed by atoms with E-state index in [-0.39, 0.29) is 17.7 Å². The lowest BCUT2D eigenvalue weighted by Crippen LogP contribution is -2.31. The number of anilines is 1. The number of hydrogen-bond donors (Lipinski definition) is 0. The van der Waals surface area contributed by atoms with Gasteiger partial charge in [-0.1, -0.05) is 0 Å². The van der Waals surface area contributed by atoms with Crippen LogP contribution in [0.2, 0.25) is 0 Å². The molecular weight excluding hydrogens is 233 g/mol. The molecule has 2 rings (SSSR count). The molecule has 1 saturated heterocycles. The van der Waals surface area contributed by atoms with E-state index in [1.807, 2.05) is 6.92 Å². The van der Waals surface area contributed by atoms with Crippen molar-refractivity contribution in [3.63, 3.8) is 0 Å². The first-order chi connectivity index (χ1) is 8.58. The minimum atomic E-state index is -0.372. The molecule has 0 saturated carbocycles. The Morgan fingerprint density at radius 2 is 2.28 bits per heavy atom. The smallest absolute Gasteiger partial charge is 0.161 e. The largest absolute Gasteiger partial charge is 0.377 e. The maximum atomic E-state index is 13.2. The van der Waals surface area contributed by atoms with Crippen molar-refractivity contribution in [3.8, 4) is 0 Å². The zero-order valence-corrected chi connectivity index (χ0v) is 10.8. The summed E-state index contributed by atoms with van der Waals surface area (Å²) in [7, 11) is 0. The third-order valence-corrected chi connectivity index (χ3v) is 3.13. The Morgan fingerprint density at radius 3 is 3.00 bits per heavy atom. The van der Waals surface area contributed by atoms with E-state index < -0.39 is 0 Å². The van der Waals surface area contributed by atoms with Crippen molar-refractivity contribution in [1.29, 1.82) is 0 Å². The Balaban J connectivity index is 2.33. The maximum absolute atomic E-state index is 13.2. The molecule has 0 aliphatic carbocycles. The third kappa shape index (κ3) is 2.88. The molecule has 0 radical (unpaired) electrons. The number of ketones is 1. The second-order valence-electron chi connectivity index (χ2n) is 4.70. The number of carbonyl (C=O) groups excluding carboxylic acids is 1. The van der Waals surface area contributed by atoms with Crippen LogP contribution >= 0.6 is 0 Å². The summed E-state index contributed by atoms with van der Waals surface area (Å²) in [5.74, 6) is -0.481. The van der Waals surface area contributed by atoms with Gasteiger partial charge in [0.1, 0.15) is 5.82 Å². The summed E-state index contributed by atoms with van der Waals surface area (Å²) < 4.78 is 18.8.